The fourth-order valence-electron chi connectivity index (χ4n) is 3.16. The Hall–Kier alpha value is -2.64. The maximum Gasteiger partial charge on any atom is 0.410 e. The summed E-state index contributed by atoms with van der Waals surface area (Å²) in [4.78, 5) is 20.2. The van der Waals surface area contributed by atoms with Gasteiger partial charge in [0.05, 0.1) is 18.1 Å². The SMILES string of the molecule is Cc1cnn(C)c1-c1cc(N2CCN(C(=O)OC(C)(C)C)CC2)ncc1F. The van der Waals surface area contributed by atoms with Crippen LogP contribution in [0.5, 0.6) is 0 Å². The zero-order valence-corrected chi connectivity index (χ0v) is 16.5. The summed E-state index contributed by atoms with van der Waals surface area (Å²) < 4.78 is 21.5. The minimum atomic E-state index is -0.511. The van der Waals surface area contributed by atoms with Crippen molar-refractivity contribution >= 4 is 11.9 Å². The average Bonchev–Trinajstić information content (AvgIpc) is 2.93. The van der Waals surface area contributed by atoms with E-state index in [1.807, 2.05) is 27.7 Å². The molecule has 0 bridgehead atoms. The molecule has 1 aliphatic heterocycles. The number of amides is 1. The molecular weight excluding hydrogens is 349 g/mol. The number of aromatic nitrogens is 3. The van der Waals surface area contributed by atoms with Crippen molar-refractivity contribution in [1.29, 1.82) is 0 Å². The molecule has 1 amide bonds. The zero-order valence-electron chi connectivity index (χ0n) is 16.5. The van der Waals surface area contributed by atoms with Gasteiger partial charge in [-0.25, -0.2) is 14.2 Å². The van der Waals surface area contributed by atoms with E-state index >= 15 is 0 Å². The number of aryl methyl sites for hydroxylation is 2. The van der Waals surface area contributed by atoms with Crippen LogP contribution in [0.3, 0.4) is 0 Å². The van der Waals surface area contributed by atoms with E-state index in [1.165, 1.54) is 6.20 Å². The molecule has 0 atom stereocenters. The maximum absolute atomic E-state index is 14.4. The smallest absolute Gasteiger partial charge is 0.410 e. The van der Waals surface area contributed by atoms with Crippen LogP contribution < -0.4 is 4.90 Å². The van der Waals surface area contributed by atoms with Crippen LogP contribution in [0.1, 0.15) is 26.3 Å². The van der Waals surface area contributed by atoms with Crippen LogP contribution in [-0.4, -0.2) is 57.5 Å². The minimum Gasteiger partial charge on any atom is -0.444 e. The van der Waals surface area contributed by atoms with E-state index in [0.29, 0.717) is 37.6 Å². The van der Waals surface area contributed by atoms with Crippen molar-refractivity contribution in [3.63, 3.8) is 0 Å². The molecule has 0 aromatic carbocycles. The summed E-state index contributed by atoms with van der Waals surface area (Å²) in [7, 11) is 1.79. The van der Waals surface area contributed by atoms with Crippen LogP contribution in [0.2, 0.25) is 0 Å². The van der Waals surface area contributed by atoms with Gasteiger partial charge >= 0.3 is 6.09 Å². The third-order valence-electron chi connectivity index (χ3n) is 4.47. The van der Waals surface area contributed by atoms with E-state index in [-0.39, 0.29) is 11.9 Å². The van der Waals surface area contributed by atoms with E-state index in [0.717, 1.165) is 11.3 Å². The average molecular weight is 375 g/mol. The van der Waals surface area contributed by atoms with E-state index in [4.69, 9.17) is 4.74 Å². The molecule has 7 nitrogen and oxygen atoms in total. The predicted molar refractivity (Wildman–Crippen MR) is 101 cm³/mol. The van der Waals surface area contributed by atoms with Gasteiger partial charge in [0.2, 0.25) is 0 Å². The topological polar surface area (TPSA) is 63.5 Å². The van der Waals surface area contributed by atoms with Crippen molar-refractivity contribution in [1.82, 2.24) is 19.7 Å². The van der Waals surface area contributed by atoms with Crippen molar-refractivity contribution in [2.24, 2.45) is 7.05 Å². The normalized spacial score (nSPS) is 15.2. The Morgan fingerprint density at radius 3 is 2.41 bits per heavy atom. The van der Waals surface area contributed by atoms with Gasteiger partial charge in [-0.15, -0.1) is 0 Å². The van der Waals surface area contributed by atoms with Gasteiger partial charge in [0.1, 0.15) is 11.4 Å². The highest BCUT2D eigenvalue weighted by atomic mass is 19.1. The first-order valence-electron chi connectivity index (χ1n) is 9.03. The van der Waals surface area contributed by atoms with Crippen LogP contribution in [0.4, 0.5) is 15.0 Å². The van der Waals surface area contributed by atoms with Crippen molar-refractivity contribution in [2.75, 3.05) is 31.1 Å². The third kappa shape index (κ3) is 4.20. The third-order valence-corrected chi connectivity index (χ3v) is 4.47. The van der Waals surface area contributed by atoms with Crippen molar-refractivity contribution in [3.8, 4) is 11.3 Å². The summed E-state index contributed by atoms with van der Waals surface area (Å²) in [6.45, 7) is 9.76. The largest absolute Gasteiger partial charge is 0.444 e. The molecule has 3 heterocycles. The summed E-state index contributed by atoms with van der Waals surface area (Å²) in [5.74, 6) is 0.314. The lowest BCUT2D eigenvalue weighted by molar-refractivity contribution is 0.0240. The molecule has 0 N–H and O–H groups in total. The van der Waals surface area contributed by atoms with Gasteiger partial charge in [0.25, 0.3) is 0 Å². The lowest BCUT2D eigenvalue weighted by Gasteiger charge is -2.36. The molecule has 0 saturated carbocycles. The van der Waals surface area contributed by atoms with Gasteiger partial charge in [-0.1, -0.05) is 0 Å². The fraction of sp³-hybridized carbons (Fsp3) is 0.526. The number of nitrogens with zero attached hydrogens (tertiary/aromatic N) is 5. The molecular formula is C19H26FN5O2. The Labute approximate surface area is 158 Å². The van der Waals surface area contributed by atoms with Gasteiger partial charge < -0.3 is 14.5 Å². The van der Waals surface area contributed by atoms with Crippen LogP contribution in [0, 0.1) is 12.7 Å². The molecule has 0 radical (unpaired) electrons. The number of carbonyl (C=O) groups excluding carboxylic acids is 1. The van der Waals surface area contributed by atoms with E-state index in [9.17, 15) is 9.18 Å². The number of anilines is 1. The summed E-state index contributed by atoms with van der Waals surface area (Å²) in [6.07, 6.45) is 2.66. The van der Waals surface area contributed by atoms with E-state index in [2.05, 4.69) is 15.0 Å². The summed E-state index contributed by atoms with van der Waals surface area (Å²) >= 11 is 0. The first-order valence-corrected chi connectivity index (χ1v) is 9.03. The van der Waals surface area contributed by atoms with Crippen LogP contribution >= 0.6 is 0 Å². The molecule has 1 fully saturated rings. The molecule has 0 spiro atoms. The molecule has 146 valence electrons. The number of ether oxygens (including phenoxy) is 1. The van der Waals surface area contributed by atoms with E-state index < -0.39 is 5.60 Å². The molecule has 2 aromatic heterocycles. The number of hydrogen-bond acceptors (Lipinski definition) is 5. The van der Waals surface area contributed by atoms with E-state index in [1.54, 1.807) is 28.9 Å². The van der Waals surface area contributed by atoms with Gasteiger partial charge in [-0.05, 0) is 39.3 Å². The summed E-state index contributed by atoms with van der Waals surface area (Å²) in [5, 5.41) is 4.19. The van der Waals surface area contributed by atoms with Crippen LogP contribution in [0.25, 0.3) is 11.3 Å². The number of halogens is 1. The molecule has 2 aromatic rings. The van der Waals surface area contributed by atoms with Crippen molar-refractivity contribution in [3.05, 3.63) is 29.8 Å². The first kappa shape index (κ1) is 19.1. The minimum absolute atomic E-state index is 0.305. The molecule has 0 aliphatic carbocycles. The highest BCUT2D eigenvalue weighted by molar-refractivity contribution is 5.69. The number of carbonyl (C=O) groups is 1. The maximum atomic E-state index is 14.4. The Bertz CT molecular complexity index is 816. The summed E-state index contributed by atoms with van der Waals surface area (Å²) in [5.41, 5.74) is 1.61. The van der Waals surface area contributed by atoms with Gasteiger partial charge in [0, 0.05) is 38.8 Å². The quantitative estimate of drug-likeness (QED) is 0.807. The second-order valence-electron chi connectivity index (χ2n) is 7.78. The molecule has 3 rings (SSSR count). The number of rotatable bonds is 2. The van der Waals surface area contributed by atoms with Gasteiger partial charge in [-0.3, -0.25) is 4.68 Å². The predicted octanol–water partition coefficient (Wildman–Crippen LogP) is 2.99. The molecule has 0 unspecified atom stereocenters. The molecule has 1 saturated heterocycles. The first-order chi connectivity index (χ1) is 12.7. The lowest BCUT2D eigenvalue weighted by atomic mass is 10.1. The number of piperazine rings is 1. The Morgan fingerprint density at radius 1 is 1.19 bits per heavy atom. The van der Waals surface area contributed by atoms with Gasteiger partial charge in [0.15, 0.2) is 5.82 Å². The number of pyridine rings is 1. The second-order valence-corrected chi connectivity index (χ2v) is 7.78. The zero-order chi connectivity index (χ0) is 19.8. The lowest BCUT2D eigenvalue weighted by Crippen LogP contribution is -2.50. The molecule has 27 heavy (non-hydrogen) atoms. The summed E-state index contributed by atoms with van der Waals surface area (Å²) in [6, 6.07) is 1.75. The second kappa shape index (κ2) is 7.17. The highest BCUT2D eigenvalue weighted by Gasteiger charge is 2.27. The number of hydrogen-bond donors (Lipinski definition) is 0. The Kier molecular flexibility index (Phi) is 5.08. The van der Waals surface area contributed by atoms with Crippen LogP contribution in [0.15, 0.2) is 18.5 Å². The monoisotopic (exact) mass is 375 g/mol. The van der Waals surface area contributed by atoms with Gasteiger partial charge in [-0.2, -0.15) is 5.10 Å². The molecule has 1 aliphatic rings. The highest BCUT2D eigenvalue weighted by Crippen LogP contribution is 2.28. The van der Waals surface area contributed by atoms with Crippen molar-refractivity contribution in [2.45, 2.75) is 33.3 Å². The fourth-order valence-corrected chi connectivity index (χ4v) is 3.16. The van der Waals surface area contributed by atoms with Crippen molar-refractivity contribution < 1.29 is 13.9 Å². The van der Waals surface area contributed by atoms with Crippen LogP contribution in [-0.2, 0) is 11.8 Å². The standard InChI is InChI=1S/C19H26FN5O2/c1-13-11-22-23(5)17(13)14-10-16(21-12-15(14)20)24-6-8-25(9-7-24)18(26)27-19(2,3)4/h10-12H,6-9H2,1-5H3. The molecule has 8 heteroatoms. The Morgan fingerprint density at radius 2 is 1.85 bits per heavy atom. The Balaban J connectivity index is 1.74.